The Balaban J connectivity index is 2.01. The highest BCUT2D eigenvalue weighted by molar-refractivity contribution is 7.99. The van der Waals surface area contributed by atoms with E-state index in [9.17, 15) is 14.3 Å². The number of rotatable bonds is 6. The minimum Gasteiger partial charge on any atom is -0.465 e. The maximum Gasteiger partial charge on any atom is 0.407 e. The predicted molar refractivity (Wildman–Crippen MR) is 115 cm³/mol. The fourth-order valence-corrected chi connectivity index (χ4v) is 4.00. The molecule has 1 N–H and O–H groups in total. The molecule has 1 aromatic carbocycles. The van der Waals surface area contributed by atoms with Crippen LogP contribution in [0.2, 0.25) is 5.02 Å². The number of aromatic nitrogens is 3. The van der Waals surface area contributed by atoms with Gasteiger partial charge in [0.1, 0.15) is 15.9 Å². The second-order valence-electron chi connectivity index (χ2n) is 7.95. The number of amides is 1. The lowest BCUT2D eigenvalue weighted by Crippen LogP contribution is -2.36. The normalized spacial score (nSPS) is 11.5. The van der Waals surface area contributed by atoms with Crippen molar-refractivity contribution in [2.24, 2.45) is 5.41 Å². The lowest BCUT2D eigenvalue weighted by atomic mass is 9.96. The summed E-state index contributed by atoms with van der Waals surface area (Å²) in [7, 11) is 0. The van der Waals surface area contributed by atoms with E-state index < -0.39 is 11.9 Å². The molecule has 0 saturated heterocycles. The lowest BCUT2D eigenvalue weighted by Gasteiger charge is -2.27. The molecule has 30 heavy (non-hydrogen) atoms. The fourth-order valence-electron chi connectivity index (χ4n) is 2.88. The average molecular weight is 449 g/mol. The maximum atomic E-state index is 14.1. The number of carboxylic acid groups (broad SMARTS) is 1. The van der Waals surface area contributed by atoms with E-state index in [1.165, 1.54) is 27.4 Å². The van der Waals surface area contributed by atoms with Crippen LogP contribution in [0.1, 0.15) is 26.5 Å². The molecule has 9 heteroatoms. The molecule has 0 unspecified atom stereocenters. The summed E-state index contributed by atoms with van der Waals surface area (Å²) in [5.41, 5.74) is 0.709. The summed E-state index contributed by atoms with van der Waals surface area (Å²) in [6, 6.07) is 10.00. The van der Waals surface area contributed by atoms with E-state index in [-0.39, 0.29) is 17.0 Å². The van der Waals surface area contributed by atoms with Crippen LogP contribution in [-0.4, -0.2) is 37.4 Å². The van der Waals surface area contributed by atoms with Crippen LogP contribution in [0.5, 0.6) is 0 Å². The third kappa shape index (κ3) is 5.52. The van der Waals surface area contributed by atoms with Crippen molar-refractivity contribution in [2.75, 3.05) is 6.54 Å². The minimum absolute atomic E-state index is 0.0510. The van der Waals surface area contributed by atoms with Gasteiger partial charge in [-0.3, -0.25) is 4.98 Å². The molecule has 0 aliphatic carbocycles. The van der Waals surface area contributed by atoms with Gasteiger partial charge in [-0.1, -0.05) is 50.2 Å². The molecule has 2 heterocycles. The lowest BCUT2D eigenvalue weighted by molar-refractivity contribution is 0.122. The van der Waals surface area contributed by atoms with Crippen molar-refractivity contribution >= 4 is 29.5 Å². The van der Waals surface area contributed by atoms with Crippen molar-refractivity contribution in [1.29, 1.82) is 0 Å². The molecular weight excluding hydrogens is 427 g/mol. The van der Waals surface area contributed by atoms with Crippen LogP contribution in [0, 0.1) is 11.2 Å². The van der Waals surface area contributed by atoms with Gasteiger partial charge in [0.2, 0.25) is 0 Å². The number of benzene rings is 1. The molecular formula is C21H22ClFN4O2S. The Morgan fingerprint density at radius 3 is 2.70 bits per heavy atom. The predicted octanol–water partition coefficient (Wildman–Crippen LogP) is 5.74. The number of pyridine rings is 1. The summed E-state index contributed by atoms with van der Waals surface area (Å²) < 4.78 is 15.6. The number of carbonyl (C=O) groups is 1. The second-order valence-corrected chi connectivity index (χ2v) is 9.42. The maximum absolute atomic E-state index is 14.1. The van der Waals surface area contributed by atoms with Crippen LogP contribution in [0.25, 0.3) is 5.69 Å². The monoisotopic (exact) mass is 448 g/mol. The van der Waals surface area contributed by atoms with Gasteiger partial charge in [0.25, 0.3) is 0 Å². The summed E-state index contributed by atoms with van der Waals surface area (Å²) in [6.45, 7) is 6.36. The van der Waals surface area contributed by atoms with E-state index in [0.717, 1.165) is 4.90 Å². The van der Waals surface area contributed by atoms with Gasteiger partial charge in [0.15, 0.2) is 0 Å². The molecule has 0 bridgehead atoms. The zero-order valence-corrected chi connectivity index (χ0v) is 18.4. The zero-order valence-electron chi connectivity index (χ0n) is 16.8. The van der Waals surface area contributed by atoms with Gasteiger partial charge >= 0.3 is 6.09 Å². The minimum atomic E-state index is -1.02. The van der Waals surface area contributed by atoms with E-state index in [2.05, 4.69) is 10.1 Å². The molecule has 0 radical (unpaired) electrons. The second kappa shape index (κ2) is 9.06. The van der Waals surface area contributed by atoms with Crippen LogP contribution in [0.4, 0.5) is 9.18 Å². The van der Waals surface area contributed by atoms with Crippen LogP contribution in [0.15, 0.2) is 58.7 Å². The first-order chi connectivity index (χ1) is 14.1. The van der Waals surface area contributed by atoms with Crippen LogP contribution >= 0.6 is 23.4 Å². The highest BCUT2D eigenvalue weighted by Gasteiger charge is 2.23. The molecule has 0 aliphatic rings. The van der Waals surface area contributed by atoms with Gasteiger partial charge in [-0.2, -0.15) is 5.10 Å². The van der Waals surface area contributed by atoms with Crippen LogP contribution < -0.4 is 0 Å². The number of halogens is 2. The largest absolute Gasteiger partial charge is 0.465 e. The molecule has 0 spiro atoms. The van der Waals surface area contributed by atoms with Crippen molar-refractivity contribution < 1.29 is 14.3 Å². The van der Waals surface area contributed by atoms with Crippen molar-refractivity contribution in [3.8, 4) is 5.69 Å². The molecule has 0 aliphatic heterocycles. The summed E-state index contributed by atoms with van der Waals surface area (Å²) in [4.78, 5) is 18.0. The SMILES string of the molecule is CC(C)(C)CN(Cc1cc(Sc2cccnc2)n(-c2cccc(F)c2Cl)n1)C(=O)O. The van der Waals surface area contributed by atoms with Crippen LogP contribution in [-0.2, 0) is 6.54 Å². The first-order valence-corrected chi connectivity index (χ1v) is 10.4. The Labute approximate surface area is 183 Å². The van der Waals surface area contributed by atoms with E-state index in [4.69, 9.17) is 11.6 Å². The Kier molecular flexibility index (Phi) is 6.67. The third-order valence-corrected chi connectivity index (χ3v) is 5.38. The van der Waals surface area contributed by atoms with Crippen molar-refractivity contribution in [3.05, 3.63) is 65.3 Å². The summed E-state index contributed by atoms with van der Waals surface area (Å²) in [5, 5.41) is 14.8. The quantitative estimate of drug-likeness (QED) is 0.520. The van der Waals surface area contributed by atoms with E-state index in [0.29, 0.717) is 23.0 Å². The average Bonchev–Trinajstić information content (AvgIpc) is 3.05. The molecule has 158 valence electrons. The number of hydrogen-bond acceptors (Lipinski definition) is 4. The van der Waals surface area contributed by atoms with Gasteiger partial charge in [-0.15, -0.1) is 0 Å². The molecule has 1 amide bonds. The Hall–Kier alpha value is -2.58. The van der Waals surface area contributed by atoms with E-state index in [1.54, 1.807) is 30.6 Å². The number of hydrogen-bond donors (Lipinski definition) is 1. The zero-order chi connectivity index (χ0) is 21.9. The van der Waals surface area contributed by atoms with Gasteiger partial charge < -0.3 is 10.0 Å². The summed E-state index contributed by atoms with van der Waals surface area (Å²) in [6.07, 6.45) is 2.36. The van der Waals surface area contributed by atoms with Crippen molar-refractivity contribution in [3.63, 3.8) is 0 Å². The van der Waals surface area contributed by atoms with Crippen molar-refractivity contribution in [1.82, 2.24) is 19.7 Å². The van der Waals surface area contributed by atoms with Gasteiger partial charge in [0, 0.05) is 23.8 Å². The first-order valence-electron chi connectivity index (χ1n) is 9.23. The van der Waals surface area contributed by atoms with Crippen molar-refractivity contribution in [2.45, 2.75) is 37.2 Å². The standard InChI is InChI=1S/C21H22ClFN4O2S/c1-21(2,3)13-26(20(28)29)12-14-10-18(30-15-6-5-9-24-11-15)27(25-14)17-8-4-7-16(23)19(17)22/h4-11H,12-13H2,1-3H3,(H,28,29). The topological polar surface area (TPSA) is 71.2 Å². The molecule has 2 aromatic heterocycles. The summed E-state index contributed by atoms with van der Waals surface area (Å²) in [5.74, 6) is -0.552. The molecule has 3 aromatic rings. The molecule has 0 saturated carbocycles. The molecule has 6 nitrogen and oxygen atoms in total. The van der Waals surface area contributed by atoms with E-state index >= 15 is 0 Å². The Morgan fingerprint density at radius 2 is 2.07 bits per heavy atom. The van der Waals surface area contributed by atoms with Gasteiger partial charge in [0.05, 0.1) is 17.9 Å². The van der Waals surface area contributed by atoms with Crippen LogP contribution in [0.3, 0.4) is 0 Å². The summed E-state index contributed by atoms with van der Waals surface area (Å²) >= 11 is 7.58. The molecule has 3 rings (SSSR count). The van der Waals surface area contributed by atoms with E-state index in [1.807, 2.05) is 32.9 Å². The smallest absolute Gasteiger partial charge is 0.407 e. The molecule has 0 atom stereocenters. The fraction of sp³-hybridized carbons (Fsp3) is 0.286. The molecule has 0 fully saturated rings. The highest BCUT2D eigenvalue weighted by Crippen LogP contribution is 2.33. The first kappa shape index (κ1) is 22.1. The third-order valence-electron chi connectivity index (χ3n) is 4.03. The van der Waals surface area contributed by atoms with Gasteiger partial charge in [-0.05, 0) is 35.7 Å². The highest BCUT2D eigenvalue weighted by atomic mass is 35.5. The number of nitrogens with zero attached hydrogens (tertiary/aromatic N) is 4. The Bertz CT molecular complexity index is 1040. The van der Waals surface area contributed by atoms with Gasteiger partial charge in [-0.25, -0.2) is 13.9 Å². The Morgan fingerprint density at radius 1 is 1.30 bits per heavy atom.